The van der Waals surface area contributed by atoms with Gasteiger partial charge in [-0.15, -0.1) is 0 Å². The van der Waals surface area contributed by atoms with Gasteiger partial charge in [0.15, 0.2) is 11.8 Å². The van der Waals surface area contributed by atoms with Crippen LogP contribution in [0, 0.1) is 16.5 Å². The van der Waals surface area contributed by atoms with Crippen LogP contribution in [-0.2, 0) is 6.42 Å². The number of nitrogens with zero attached hydrogens (tertiary/aromatic N) is 1. The van der Waals surface area contributed by atoms with Gasteiger partial charge in [0.25, 0.3) is 0 Å². The predicted octanol–water partition coefficient (Wildman–Crippen LogP) is 1.84. The Morgan fingerprint density at radius 2 is 2.07 bits per heavy atom. The molecular weight excluding hydrogens is 192 g/mol. The lowest BCUT2D eigenvalue weighted by atomic mass is 10.1. The smallest absolute Gasteiger partial charge is 0.191 e. The number of ketones is 1. The fraction of sp³-hybridized carbons (Fsp3) is 0.222. The Labute approximate surface area is 77.7 Å². The van der Waals surface area contributed by atoms with Crippen LogP contribution in [0.2, 0.25) is 0 Å². The predicted molar refractivity (Wildman–Crippen MR) is 44.0 cm³/mol. The third-order valence-corrected chi connectivity index (χ3v) is 2.25. The molecule has 0 bridgehead atoms. The standard InChI is InChI=1S/C9H5F2NO2/c10-4-1-6-5(7(11)2-4)3-8(12-14)9(6)13/h1-2,8H,3H2. The second-order valence-corrected chi connectivity index (χ2v) is 3.10. The zero-order valence-electron chi connectivity index (χ0n) is 6.96. The van der Waals surface area contributed by atoms with Crippen LogP contribution < -0.4 is 0 Å². The maximum absolute atomic E-state index is 13.1. The molecule has 0 amide bonds. The van der Waals surface area contributed by atoms with Crippen LogP contribution in [0.3, 0.4) is 0 Å². The summed E-state index contributed by atoms with van der Waals surface area (Å²) in [5.41, 5.74) is 0.0214. The second kappa shape index (κ2) is 2.94. The molecule has 1 atom stereocenters. The Morgan fingerprint density at radius 3 is 2.71 bits per heavy atom. The van der Waals surface area contributed by atoms with Crippen molar-refractivity contribution in [3.63, 3.8) is 0 Å². The maximum atomic E-state index is 13.1. The van der Waals surface area contributed by atoms with Gasteiger partial charge in [0.05, 0.1) is 0 Å². The van der Waals surface area contributed by atoms with Crippen molar-refractivity contribution >= 4 is 5.78 Å². The van der Waals surface area contributed by atoms with Crippen molar-refractivity contribution < 1.29 is 13.6 Å². The molecular formula is C9H5F2NO2. The minimum absolute atomic E-state index is 0.0629. The fourth-order valence-electron chi connectivity index (χ4n) is 1.58. The molecule has 1 aliphatic carbocycles. The van der Waals surface area contributed by atoms with Gasteiger partial charge in [-0.1, -0.05) is 5.18 Å². The molecule has 1 aliphatic rings. The van der Waals surface area contributed by atoms with Crippen molar-refractivity contribution in [1.82, 2.24) is 0 Å². The third-order valence-electron chi connectivity index (χ3n) is 2.25. The quantitative estimate of drug-likeness (QED) is 0.645. The van der Waals surface area contributed by atoms with Crippen LogP contribution in [0.5, 0.6) is 0 Å². The number of Topliss-reactive ketones (excluding diaryl/α,β-unsaturated/α-hetero) is 1. The van der Waals surface area contributed by atoms with E-state index in [1.165, 1.54) is 0 Å². The summed E-state index contributed by atoms with van der Waals surface area (Å²) in [4.78, 5) is 21.5. The van der Waals surface area contributed by atoms with Gasteiger partial charge < -0.3 is 0 Å². The van der Waals surface area contributed by atoms with Gasteiger partial charge in [-0.3, -0.25) is 4.79 Å². The van der Waals surface area contributed by atoms with E-state index in [0.29, 0.717) is 6.07 Å². The number of benzene rings is 1. The molecule has 1 aromatic rings. The molecule has 0 aliphatic heterocycles. The first kappa shape index (κ1) is 8.93. The van der Waals surface area contributed by atoms with E-state index in [2.05, 4.69) is 5.18 Å². The summed E-state index contributed by atoms with van der Waals surface area (Å²) in [6, 6.07) is 0.534. The van der Waals surface area contributed by atoms with Crippen LogP contribution >= 0.6 is 0 Å². The summed E-state index contributed by atoms with van der Waals surface area (Å²) in [6.07, 6.45) is -0.0657. The molecule has 3 nitrogen and oxygen atoms in total. The fourth-order valence-corrected chi connectivity index (χ4v) is 1.58. The first-order valence-electron chi connectivity index (χ1n) is 3.98. The van der Waals surface area contributed by atoms with E-state index in [-0.39, 0.29) is 17.5 Å². The number of hydrogen-bond donors (Lipinski definition) is 0. The second-order valence-electron chi connectivity index (χ2n) is 3.10. The Bertz CT molecular complexity index is 431. The van der Waals surface area contributed by atoms with E-state index in [1.54, 1.807) is 0 Å². The van der Waals surface area contributed by atoms with E-state index in [1.807, 2.05) is 0 Å². The number of hydrogen-bond acceptors (Lipinski definition) is 3. The lowest BCUT2D eigenvalue weighted by Crippen LogP contribution is -2.11. The minimum atomic E-state index is -1.10. The number of rotatable bonds is 1. The van der Waals surface area contributed by atoms with Crippen molar-refractivity contribution in [1.29, 1.82) is 0 Å². The molecule has 0 radical (unpaired) electrons. The minimum Gasteiger partial charge on any atom is -0.292 e. The van der Waals surface area contributed by atoms with E-state index in [9.17, 15) is 18.5 Å². The van der Waals surface area contributed by atoms with Gasteiger partial charge in [0.2, 0.25) is 0 Å². The van der Waals surface area contributed by atoms with E-state index >= 15 is 0 Å². The van der Waals surface area contributed by atoms with Gasteiger partial charge >= 0.3 is 0 Å². The Morgan fingerprint density at radius 1 is 1.36 bits per heavy atom. The lowest BCUT2D eigenvalue weighted by molar-refractivity contribution is 0.0975. The number of carbonyl (C=O) groups excluding carboxylic acids is 1. The average Bonchev–Trinajstić information content (AvgIpc) is 2.44. The zero-order valence-corrected chi connectivity index (χ0v) is 6.96. The van der Waals surface area contributed by atoms with Crippen molar-refractivity contribution in [2.24, 2.45) is 5.18 Å². The van der Waals surface area contributed by atoms with E-state index < -0.39 is 23.5 Å². The molecule has 0 N–H and O–H groups in total. The van der Waals surface area contributed by atoms with Crippen molar-refractivity contribution in [3.8, 4) is 0 Å². The van der Waals surface area contributed by atoms with E-state index in [0.717, 1.165) is 6.07 Å². The summed E-state index contributed by atoms with van der Waals surface area (Å²) >= 11 is 0. The molecule has 72 valence electrons. The van der Waals surface area contributed by atoms with E-state index in [4.69, 9.17) is 0 Å². The number of nitroso groups, excluding NO2 is 1. The molecule has 0 aromatic heterocycles. The molecule has 0 saturated carbocycles. The van der Waals surface area contributed by atoms with Crippen LogP contribution in [-0.4, -0.2) is 11.8 Å². The Hall–Kier alpha value is -1.65. The number of halogens is 2. The van der Waals surface area contributed by atoms with Crippen molar-refractivity contribution in [3.05, 3.63) is 39.8 Å². The Kier molecular flexibility index (Phi) is 1.87. The number of carbonyl (C=O) groups is 1. The normalized spacial score (nSPS) is 19.6. The molecule has 5 heteroatoms. The summed E-state index contributed by atoms with van der Waals surface area (Å²) in [5.74, 6) is -2.21. The summed E-state index contributed by atoms with van der Waals surface area (Å²) < 4.78 is 25.8. The van der Waals surface area contributed by atoms with Crippen LogP contribution in [0.4, 0.5) is 8.78 Å². The summed E-state index contributed by atoms with van der Waals surface area (Å²) in [5, 5.41) is 2.57. The highest BCUT2D eigenvalue weighted by Gasteiger charge is 2.34. The average molecular weight is 197 g/mol. The first-order valence-corrected chi connectivity index (χ1v) is 3.98. The van der Waals surface area contributed by atoms with Gasteiger partial charge in [0.1, 0.15) is 11.6 Å². The topological polar surface area (TPSA) is 46.5 Å². The van der Waals surface area contributed by atoms with Gasteiger partial charge in [0, 0.05) is 23.6 Å². The molecule has 1 unspecified atom stereocenters. The highest BCUT2D eigenvalue weighted by molar-refractivity contribution is 6.04. The molecule has 1 aromatic carbocycles. The molecule has 0 heterocycles. The monoisotopic (exact) mass is 197 g/mol. The zero-order chi connectivity index (χ0) is 10.3. The highest BCUT2D eigenvalue weighted by Crippen LogP contribution is 2.27. The van der Waals surface area contributed by atoms with Gasteiger partial charge in [-0.25, -0.2) is 8.78 Å². The van der Waals surface area contributed by atoms with Crippen LogP contribution in [0.1, 0.15) is 15.9 Å². The SMILES string of the molecule is O=NC1Cc2c(F)cc(F)cc2C1=O. The molecule has 0 fully saturated rings. The number of fused-ring (bicyclic) bond motifs is 1. The van der Waals surface area contributed by atoms with Gasteiger partial charge in [-0.05, 0) is 6.07 Å². The highest BCUT2D eigenvalue weighted by atomic mass is 19.1. The third kappa shape index (κ3) is 1.13. The van der Waals surface area contributed by atoms with Crippen LogP contribution in [0.15, 0.2) is 17.3 Å². The molecule has 0 spiro atoms. The summed E-state index contributed by atoms with van der Waals surface area (Å²) in [7, 11) is 0. The maximum Gasteiger partial charge on any atom is 0.191 e. The van der Waals surface area contributed by atoms with Crippen molar-refractivity contribution in [2.75, 3.05) is 0 Å². The largest absolute Gasteiger partial charge is 0.292 e. The molecule has 0 saturated heterocycles. The van der Waals surface area contributed by atoms with Gasteiger partial charge in [-0.2, -0.15) is 4.91 Å². The van der Waals surface area contributed by atoms with Crippen LogP contribution in [0.25, 0.3) is 0 Å². The Balaban J connectivity index is 2.59. The lowest BCUT2D eigenvalue weighted by Gasteiger charge is -1.98. The molecule has 2 rings (SSSR count). The molecule has 14 heavy (non-hydrogen) atoms. The summed E-state index contributed by atoms with van der Waals surface area (Å²) in [6.45, 7) is 0. The van der Waals surface area contributed by atoms with Crippen molar-refractivity contribution in [2.45, 2.75) is 12.5 Å². The first-order chi connectivity index (χ1) is 6.63.